The van der Waals surface area contributed by atoms with Gasteiger partial charge in [-0.25, -0.2) is 0 Å². The van der Waals surface area contributed by atoms with E-state index in [2.05, 4.69) is 10.6 Å². The number of rotatable bonds is 16. The second-order valence-electron chi connectivity index (χ2n) is 5.81. The van der Waals surface area contributed by atoms with Crippen molar-refractivity contribution in [1.29, 1.82) is 0 Å². The van der Waals surface area contributed by atoms with Gasteiger partial charge in [0.1, 0.15) is 0 Å². The zero-order valence-corrected chi connectivity index (χ0v) is 15.0. The second kappa shape index (κ2) is 15.8. The van der Waals surface area contributed by atoms with E-state index in [1.165, 1.54) is 25.7 Å². The van der Waals surface area contributed by atoms with E-state index < -0.39 is 0 Å². The number of carbonyl (C=O) groups is 1. The van der Waals surface area contributed by atoms with Crippen molar-refractivity contribution in [3.8, 4) is 0 Å². The topological polar surface area (TPSA) is 78.1 Å². The molecule has 142 valence electrons. The van der Waals surface area contributed by atoms with Crippen molar-refractivity contribution >= 4 is 5.91 Å². The summed E-state index contributed by atoms with van der Waals surface area (Å²) < 4.78 is 21.6. The van der Waals surface area contributed by atoms with E-state index in [9.17, 15) is 4.79 Å². The summed E-state index contributed by atoms with van der Waals surface area (Å²) in [5.41, 5.74) is 0. The fourth-order valence-electron chi connectivity index (χ4n) is 2.52. The van der Waals surface area contributed by atoms with Gasteiger partial charge in [-0.15, -0.1) is 0 Å². The van der Waals surface area contributed by atoms with E-state index in [0.29, 0.717) is 58.7 Å². The molecule has 0 atom stereocenters. The largest absolute Gasteiger partial charge is 0.379 e. The van der Waals surface area contributed by atoms with Crippen LogP contribution in [0, 0.1) is 0 Å². The Morgan fingerprint density at radius 2 is 1.33 bits per heavy atom. The Labute approximate surface area is 145 Å². The molecular weight excluding hydrogens is 312 g/mol. The number of hydrogen-bond acceptors (Lipinski definition) is 6. The molecule has 0 spiro atoms. The summed E-state index contributed by atoms with van der Waals surface area (Å²) in [5, 5.41) is 6.05. The van der Waals surface area contributed by atoms with Crippen molar-refractivity contribution in [2.24, 2.45) is 0 Å². The highest BCUT2D eigenvalue weighted by atomic mass is 16.6. The molecule has 1 saturated carbocycles. The third-order valence-corrected chi connectivity index (χ3v) is 3.90. The van der Waals surface area contributed by atoms with E-state index >= 15 is 0 Å². The number of nitrogens with one attached hydrogen (secondary N) is 2. The van der Waals surface area contributed by atoms with Crippen LogP contribution in [0.5, 0.6) is 0 Å². The molecule has 0 heterocycles. The highest BCUT2D eigenvalue weighted by Gasteiger charge is 2.13. The van der Waals surface area contributed by atoms with Gasteiger partial charge in [0.15, 0.2) is 0 Å². The van der Waals surface area contributed by atoms with Crippen molar-refractivity contribution in [2.45, 2.75) is 38.1 Å². The van der Waals surface area contributed by atoms with Crippen molar-refractivity contribution in [1.82, 2.24) is 10.6 Å². The van der Waals surface area contributed by atoms with Gasteiger partial charge in [0.2, 0.25) is 5.91 Å². The summed E-state index contributed by atoms with van der Waals surface area (Å²) in [6, 6.07) is 0.703. The molecule has 0 aromatic carbocycles. The molecule has 0 aromatic rings. The van der Waals surface area contributed by atoms with Gasteiger partial charge in [-0.2, -0.15) is 0 Å². The van der Waals surface area contributed by atoms with Crippen LogP contribution in [-0.4, -0.2) is 78.4 Å². The first-order valence-corrected chi connectivity index (χ1v) is 9.08. The minimum absolute atomic E-state index is 0.0131. The van der Waals surface area contributed by atoms with Crippen LogP contribution in [0.3, 0.4) is 0 Å². The van der Waals surface area contributed by atoms with Gasteiger partial charge in [0.05, 0.1) is 52.9 Å². The van der Waals surface area contributed by atoms with Crippen molar-refractivity contribution in [3.63, 3.8) is 0 Å². The first-order valence-electron chi connectivity index (χ1n) is 9.08. The van der Waals surface area contributed by atoms with Crippen molar-refractivity contribution in [2.75, 3.05) is 66.4 Å². The molecule has 0 aromatic heterocycles. The number of hydrogen-bond donors (Lipinski definition) is 2. The number of ether oxygens (including phenoxy) is 4. The molecule has 0 aliphatic heterocycles. The quantitative estimate of drug-likeness (QED) is 0.401. The molecule has 24 heavy (non-hydrogen) atoms. The Kier molecular flexibility index (Phi) is 14.0. The predicted octanol–water partition coefficient (Wildman–Crippen LogP) is 0.721. The Bertz CT molecular complexity index is 299. The van der Waals surface area contributed by atoms with Crippen LogP contribution in [0.15, 0.2) is 0 Å². The lowest BCUT2D eigenvalue weighted by molar-refractivity contribution is -0.121. The third kappa shape index (κ3) is 12.7. The van der Waals surface area contributed by atoms with Gasteiger partial charge in [-0.05, 0) is 12.8 Å². The lowest BCUT2D eigenvalue weighted by Crippen LogP contribution is -2.29. The van der Waals surface area contributed by atoms with Gasteiger partial charge >= 0.3 is 0 Å². The fraction of sp³-hybridized carbons (Fsp3) is 0.941. The lowest BCUT2D eigenvalue weighted by atomic mass is 10.2. The van der Waals surface area contributed by atoms with Crippen LogP contribution in [0.1, 0.15) is 32.1 Å². The SMILES string of the molecule is CNC(=O)CCOCCOCCOCCOCCNC1CCCC1. The lowest BCUT2D eigenvalue weighted by Gasteiger charge is -2.11. The van der Waals surface area contributed by atoms with E-state index in [4.69, 9.17) is 18.9 Å². The van der Waals surface area contributed by atoms with E-state index in [-0.39, 0.29) is 5.91 Å². The van der Waals surface area contributed by atoms with Gasteiger partial charge in [-0.1, -0.05) is 12.8 Å². The first kappa shape index (κ1) is 21.3. The normalized spacial score (nSPS) is 15.0. The monoisotopic (exact) mass is 346 g/mol. The minimum atomic E-state index is -0.0131. The Morgan fingerprint density at radius 3 is 1.88 bits per heavy atom. The minimum Gasteiger partial charge on any atom is -0.379 e. The Balaban J connectivity index is 1.66. The van der Waals surface area contributed by atoms with Crippen molar-refractivity contribution in [3.05, 3.63) is 0 Å². The molecule has 7 nitrogen and oxygen atoms in total. The van der Waals surface area contributed by atoms with Gasteiger partial charge in [0, 0.05) is 26.1 Å². The fourth-order valence-corrected chi connectivity index (χ4v) is 2.52. The van der Waals surface area contributed by atoms with Gasteiger partial charge in [-0.3, -0.25) is 4.79 Å². The van der Waals surface area contributed by atoms with Crippen LogP contribution in [-0.2, 0) is 23.7 Å². The van der Waals surface area contributed by atoms with E-state index in [0.717, 1.165) is 13.2 Å². The summed E-state index contributed by atoms with van der Waals surface area (Å²) in [4.78, 5) is 10.9. The van der Waals surface area contributed by atoms with E-state index in [1.807, 2.05) is 0 Å². The van der Waals surface area contributed by atoms with E-state index in [1.54, 1.807) is 7.05 Å². The van der Waals surface area contributed by atoms with Crippen LogP contribution in [0.25, 0.3) is 0 Å². The van der Waals surface area contributed by atoms with Gasteiger partial charge < -0.3 is 29.6 Å². The molecule has 1 amide bonds. The molecule has 0 unspecified atom stereocenters. The molecule has 7 heteroatoms. The zero-order valence-electron chi connectivity index (χ0n) is 15.0. The summed E-state index contributed by atoms with van der Waals surface area (Å²) in [6.07, 6.45) is 5.72. The van der Waals surface area contributed by atoms with Gasteiger partial charge in [0.25, 0.3) is 0 Å². The zero-order chi connectivity index (χ0) is 17.3. The molecule has 1 rings (SSSR count). The first-order chi connectivity index (χ1) is 11.8. The molecule has 1 aliphatic carbocycles. The second-order valence-corrected chi connectivity index (χ2v) is 5.81. The molecular formula is C17H34N2O5. The summed E-state index contributed by atoms with van der Waals surface area (Å²) in [7, 11) is 1.61. The number of amides is 1. The average molecular weight is 346 g/mol. The summed E-state index contributed by atoms with van der Waals surface area (Å²) in [6.45, 7) is 5.41. The molecule has 1 aliphatic rings. The smallest absolute Gasteiger partial charge is 0.222 e. The maximum atomic E-state index is 10.9. The highest BCUT2D eigenvalue weighted by Crippen LogP contribution is 2.17. The summed E-state index contributed by atoms with van der Waals surface area (Å²) in [5.74, 6) is -0.0131. The molecule has 2 N–H and O–H groups in total. The van der Waals surface area contributed by atoms with Crippen LogP contribution in [0.4, 0.5) is 0 Å². The van der Waals surface area contributed by atoms with Crippen molar-refractivity contribution < 1.29 is 23.7 Å². The standard InChI is InChI=1S/C17H34N2O5/c1-18-17(20)6-8-21-10-12-23-14-15-24-13-11-22-9-7-19-16-4-2-3-5-16/h16,19H,2-15H2,1H3,(H,18,20). The third-order valence-electron chi connectivity index (χ3n) is 3.90. The Hall–Kier alpha value is -0.730. The van der Waals surface area contributed by atoms with Crippen LogP contribution < -0.4 is 10.6 Å². The maximum Gasteiger partial charge on any atom is 0.222 e. The molecule has 0 bridgehead atoms. The van der Waals surface area contributed by atoms with Crippen LogP contribution in [0.2, 0.25) is 0 Å². The molecule has 0 saturated heterocycles. The maximum absolute atomic E-state index is 10.9. The summed E-state index contributed by atoms with van der Waals surface area (Å²) >= 11 is 0. The number of carbonyl (C=O) groups excluding carboxylic acids is 1. The molecule has 0 radical (unpaired) electrons. The highest BCUT2D eigenvalue weighted by molar-refractivity contribution is 5.75. The predicted molar refractivity (Wildman–Crippen MR) is 92.2 cm³/mol. The Morgan fingerprint density at radius 1 is 0.833 bits per heavy atom. The molecule has 1 fully saturated rings. The van der Waals surface area contributed by atoms with Crippen LogP contribution >= 0.6 is 0 Å². The average Bonchev–Trinajstić information content (AvgIpc) is 3.11.